The molecule has 164 valence electrons. The van der Waals surface area contributed by atoms with Crippen molar-refractivity contribution in [2.24, 2.45) is 7.05 Å². The molecule has 0 bridgehead atoms. The summed E-state index contributed by atoms with van der Waals surface area (Å²) in [7, 11) is 2.84. The minimum atomic E-state index is -0.616. The molecule has 9 heteroatoms. The SMILES string of the molecule is COc1cc([C@H]2C3=CCn4c(=O)n(C)c(=O)n4[C@@H]3CC3=C2C(=O)C(C)=CC3=O)ccc1O. The fraction of sp³-hybridized carbons (Fsp3) is 0.304. The van der Waals surface area contributed by atoms with Crippen LogP contribution in [0.15, 0.2) is 62.2 Å². The summed E-state index contributed by atoms with van der Waals surface area (Å²) in [6.07, 6.45) is 3.32. The molecule has 0 amide bonds. The first-order chi connectivity index (χ1) is 15.2. The number of allylic oxidation sites excluding steroid dienone is 6. The van der Waals surface area contributed by atoms with E-state index in [1.807, 2.05) is 6.08 Å². The molecular formula is C23H21N3O6. The summed E-state index contributed by atoms with van der Waals surface area (Å²) in [6.45, 7) is 1.78. The standard InChI is InChI=1S/C23H21N3O6/c1-11-8-17(28)14-10-15-13(6-7-25-22(30)24(2)23(31)26(15)25)19(20(14)21(11)29)12-4-5-16(27)18(9-12)32-3/h4-6,8-9,15,19,27H,7,10H2,1-3H3/t15-,19+/m1/s1. The average Bonchev–Trinajstić information content (AvgIpc) is 3.00. The van der Waals surface area contributed by atoms with Gasteiger partial charge in [0, 0.05) is 36.1 Å². The van der Waals surface area contributed by atoms with Gasteiger partial charge in [-0.15, -0.1) is 0 Å². The van der Waals surface area contributed by atoms with Crippen LogP contribution >= 0.6 is 0 Å². The summed E-state index contributed by atoms with van der Waals surface area (Å²) in [5.74, 6) is -0.923. The van der Waals surface area contributed by atoms with E-state index in [4.69, 9.17) is 4.74 Å². The van der Waals surface area contributed by atoms with Gasteiger partial charge < -0.3 is 9.84 Å². The Bertz CT molecular complexity index is 1430. The highest BCUT2D eigenvalue weighted by molar-refractivity contribution is 6.23. The molecule has 0 spiro atoms. The lowest BCUT2D eigenvalue weighted by Gasteiger charge is -2.39. The van der Waals surface area contributed by atoms with Crippen molar-refractivity contribution in [3.05, 3.63) is 79.2 Å². The zero-order valence-corrected chi connectivity index (χ0v) is 17.8. The Hall–Kier alpha value is -3.88. The second-order valence-corrected chi connectivity index (χ2v) is 8.25. The van der Waals surface area contributed by atoms with Gasteiger partial charge in [0.2, 0.25) is 0 Å². The Labute approximate surface area is 182 Å². The number of phenolic OH excluding ortho intramolecular Hbond substituents is 1. The Morgan fingerprint density at radius 3 is 2.59 bits per heavy atom. The normalized spacial score (nSPS) is 22.1. The maximum absolute atomic E-state index is 13.2. The molecule has 2 aliphatic carbocycles. The van der Waals surface area contributed by atoms with Crippen molar-refractivity contribution in [2.45, 2.75) is 31.8 Å². The third-order valence-electron chi connectivity index (χ3n) is 6.56. The largest absolute Gasteiger partial charge is 0.504 e. The summed E-state index contributed by atoms with van der Waals surface area (Å²) in [5.41, 5.74) is 1.58. The van der Waals surface area contributed by atoms with E-state index in [9.17, 15) is 24.3 Å². The maximum Gasteiger partial charge on any atom is 0.347 e. The number of carbonyl (C=O) groups is 2. The zero-order chi connectivity index (χ0) is 22.9. The van der Waals surface area contributed by atoms with Crippen LogP contribution in [0.3, 0.4) is 0 Å². The van der Waals surface area contributed by atoms with Crippen LogP contribution in [0.25, 0.3) is 0 Å². The van der Waals surface area contributed by atoms with E-state index in [2.05, 4.69) is 0 Å². The fourth-order valence-electron chi connectivity index (χ4n) is 5.00. The molecule has 5 rings (SSSR count). The number of aromatic nitrogens is 3. The van der Waals surface area contributed by atoms with E-state index in [-0.39, 0.29) is 36.0 Å². The molecule has 1 aromatic heterocycles. The first kappa shape index (κ1) is 20.0. The van der Waals surface area contributed by atoms with Gasteiger partial charge in [-0.25, -0.2) is 23.5 Å². The summed E-state index contributed by atoms with van der Waals surface area (Å²) >= 11 is 0. The first-order valence-corrected chi connectivity index (χ1v) is 10.2. The molecule has 1 aliphatic heterocycles. The van der Waals surface area contributed by atoms with E-state index >= 15 is 0 Å². The van der Waals surface area contributed by atoms with Crippen molar-refractivity contribution in [1.82, 2.24) is 13.9 Å². The highest BCUT2D eigenvalue weighted by Gasteiger charge is 2.44. The first-order valence-electron chi connectivity index (χ1n) is 10.2. The second-order valence-electron chi connectivity index (χ2n) is 8.25. The van der Waals surface area contributed by atoms with Gasteiger partial charge in [-0.1, -0.05) is 12.1 Å². The predicted octanol–water partition coefficient (Wildman–Crippen LogP) is 1.13. The lowest BCUT2D eigenvalue weighted by molar-refractivity contribution is -0.116. The number of nitrogens with zero attached hydrogens (tertiary/aromatic N) is 3. The topological polar surface area (TPSA) is 113 Å². The third kappa shape index (κ3) is 2.57. The Balaban J connectivity index is 1.79. The molecule has 2 heterocycles. The van der Waals surface area contributed by atoms with E-state index in [1.54, 1.807) is 19.1 Å². The van der Waals surface area contributed by atoms with Gasteiger partial charge in [0.1, 0.15) is 0 Å². The van der Waals surface area contributed by atoms with Gasteiger partial charge in [-0.3, -0.25) is 9.59 Å². The average molecular weight is 435 g/mol. The zero-order valence-electron chi connectivity index (χ0n) is 17.8. The number of ether oxygens (including phenoxy) is 1. The van der Waals surface area contributed by atoms with Crippen LogP contribution < -0.4 is 16.1 Å². The molecule has 2 atom stereocenters. The number of phenols is 1. The molecule has 1 N–H and O–H groups in total. The van der Waals surface area contributed by atoms with Crippen LogP contribution in [0.5, 0.6) is 11.5 Å². The van der Waals surface area contributed by atoms with Crippen molar-refractivity contribution >= 4 is 11.6 Å². The van der Waals surface area contributed by atoms with Gasteiger partial charge in [-0.2, -0.15) is 0 Å². The second kappa shape index (κ2) is 6.81. The quantitative estimate of drug-likeness (QED) is 0.559. The number of aromatic hydroxyl groups is 1. The Kier molecular flexibility index (Phi) is 4.27. The number of Topliss-reactive ketones (excluding diaryl/α,β-unsaturated/α-hetero) is 1. The van der Waals surface area contributed by atoms with Crippen molar-refractivity contribution in [3.63, 3.8) is 0 Å². The van der Waals surface area contributed by atoms with Crippen molar-refractivity contribution in [3.8, 4) is 11.5 Å². The molecule has 0 radical (unpaired) electrons. The molecule has 0 saturated heterocycles. The van der Waals surface area contributed by atoms with E-state index in [0.29, 0.717) is 22.3 Å². The minimum Gasteiger partial charge on any atom is -0.504 e. The van der Waals surface area contributed by atoms with Crippen molar-refractivity contribution in [2.75, 3.05) is 7.11 Å². The molecule has 0 saturated carbocycles. The molecule has 0 unspecified atom stereocenters. The van der Waals surface area contributed by atoms with E-state index in [0.717, 1.165) is 10.1 Å². The van der Waals surface area contributed by atoms with Gasteiger partial charge in [0.05, 0.1) is 19.7 Å². The van der Waals surface area contributed by atoms with Crippen LogP contribution in [-0.2, 0) is 23.2 Å². The number of ketones is 2. The smallest absolute Gasteiger partial charge is 0.347 e. The lowest BCUT2D eigenvalue weighted by Crippen LogP contribution is -2.40. The number of methoxy groups -OCH3 is 1. The van der Waals surface area contributed by atoms with Crippen LogP contribution in [0.2, 0.25) is 0 Å². The molecule has 2 aromatic rings. The molecule has 9 nitrogen and oxygen atoms in total. The van der Waals surface area contributed by atoms with Crippen molar-refractivity contribution in [1.29, 1.82) is 0 Å². The molecular weight excluding hydrogens is 414 g/mol. The summed E-state index contributed by atoms with van der Waals surface area (Å²) in [4.78, 5) is 51.6. The Morgan fingerprint density at radius 2 is 1.88 bits per heavy atom. The highest BCUT2D eigenvalue weighted by atomic mass is 16.5. The van der Waals surface area contributed by atoms with Crippen LogP contribution in [0.1, 0.15) is 30.9 Å². The number of fused-ring (bicyclic) bond motifs is 3. The minimum absolute atomic E-state index is 0.0503. The number of benzene rings is 1. The van der Waals surface area contributed by atoms with Gasteiger partial charge in [0.15, 0.2) is 23.1 Å². The van der Waals surface area contributed by atoms with Gasteiger partial charge >= 0.3 is 11.4 Å². The summed E-state index contributed by atoms with van der Waals surface area (Å²) < 4.78 is 9.04. The number of hydrogen-bond donors (Lipinski definition) is 1. The van der Waals surface area contributed by atoms with E-state index in [1.165, 1.54) is 35.7 Å². The third-order valence-corrected chi connectivity index (χ3v) is 6.56. The highest BCUT2D eigenvalue weighted by Crippen LogP contribution is 2.50. The Morgan fingerprint density at radius 1 is 1.12 bits per heavy atom. The molecule has 3 aliphatic rings. The maximum atomic E-state index is 13.2. The number of carbonyl (C=O) groups excluding carboxylic acids is 2. The summed E-state index contributed by atoms with van der Waals surface area (Å²) in [5, 5.41) is 10.1. The van der Waals surface area contributed by atoms with Crippen LogP contribution in [0.4, 0.5) is 0 Å². The predicted molar refractivity (Wildman–Crippen MR) is 114 cm³/mol. The number of hydrogen-bond acceptors (Lipinski definition) is 6. The lowest BCUT2D eigenvalue weighted by atomic mass is 9.68. The molecule has 32 heavy (non-hydrogen) atoms. The summed E-state index contributed by atoms with van der Waals surface area (Å²) in [6, 6.07) is 4.20. The van der Waals surface area contributed by atoms with Gasteiger partial charge in [-0.05, 0) is 36.3 Å². The molecule has 0 fully saturated rings. The monoisotopic (exact) mass is 435 g/mol. The molecule has 1 aromatic carbocycles. The van der Waals surface area contributed by atoms with Crippen molar-refractivity contribution < 1.29 is 19.4 Å². The van der Waals surface area contributed by atoms with Crippen LogP contribution in [0, 0.1) is 0 Å². The van der Waals surface area contributed by atoms with E-state index < -0.39 is 23.3 Å². The van der Waals surface area contributed by atoms with Gasteiger partial charge in [0.25, 0.3) is 0 Å². The number of rotatable bonds is 2. The fourth-order valence-corrected chi connectivity index (χ4v) is 5.00. The van der Waals surface area contributed by atoms with Crippen LogP contribution in [-0.4, -0.2) is 37.7 Å².